The lowest BCUT2D eigenvalue weighted by molar-refractivity contribution is -0.141. The molecule has 1 aromatic heterocycles. The number of hydrogen-bond donors (Lipinski definition) is 0. The maximum Gasteiger partial charge on any atom is 0.328 e. The smallest absolute Gasteiger partial charge is 0.328 e. The Bertz CT molecular complexity index is 444. The third kappa shape index (κ3) is 2.69. The molecule has 1 aliphatic rings. The Morgan fingerprint density at radius 3 is 2.42 bits per heavy atom. The van der Waals surface area contributed by atoms with Gasteiger partial charge in [-0.1, -0.05) is 0 Å². The van der Waals surface area contributed by atoms with Gasteiger partial charge in [0.2, 0.25) is 17.7 Å². The van der Waals surface area contributed by atoms with Crippen molar-refractivity contribution in [2.45, 2.75) is 18.9 Å². The summed E-state index contributed by atoms with van der Waals surface area (Å²) in [7, 11) is 4.42. The number of methoxy groups -OCH3 is 3. The molecule has 7 nitrogen and oxygen atoms in total. The minimum atomic E-state index is -0.346. The van der Waals surface area contributed by atoms with Crippen LogP contribution in [-0.4, -0.2) is 49.9 Å². The van der Waals surface area contributed by atoms with Crippen molar-refractivity contribution < 1.29 is 19.0 Å². The zero-order valence-corrected chi connectivity index (χ0v) is 11.3. The molecule has 1 fully saturated rings. The fraction of sp³-hybridized carbons (Fsp3) is 0.583. The average molecular weight is 267 g/mol. The lowest BCUT2D eigenvalue weighted by Gasteiger charge is -2.22. The second kappa shape index (κ2) is 5.73. The van der Waals surface area contributed by atoms with Crippen LogP contribution in [0.5, 0.6) is 11.8 Å². The van der Waals surface area contributed by atoms with Gasteiger partial charge in [-0.15, -0.1) is 0 Å². The maximum absolute atomic E-state index is 11.7. The summed E-state index contributed by atoms with van der Waals surface area (Å²) in [6.45, 7) is 0.704. The largest absolute Gasteiger partial charge is 0.481 e. The van der Waals surface area contributed by atoms with E-state index in [1.165, 1.54) is 21.3 Å². The molecule has 0 spiro atoms. The van der Waals surface area contributed by atoms with Crippen molar-refractivity contribution in [3.8, 4) is 11.8 Å². The minimum absolute atomic E-state index is 0.275. The molecule has 1 unspecified atom stereocenters. The van der Waals surface area contributed by atoms with Crippen molar-refractivity contribution >= 4 is 11.9 Å². The summed E-state index contributed by atoms with van der Waals surface area (Å²) in [4.78, 5) is 22.0. The highest BCUT2D eigenvalue weighted by atomic mass is 16.5. The number of carbonyl (C=O) groups is 1. The SMILES string of the molecule is COC(=O)C1CCCN1c1nc(OC)cc(OC)n1. The lowest BCUT2D eigenvalue weighted by Crippen LogP contribution is -2.38. The van der Waals surface area contributed by atoms with Crippen LogP contribution in [0.3, 0.4) is 0 Å². The first-order valence-electron chi connectivity index (χ1n) is 6.01. The number of carbonyl (C=O) groups excluding carboxylic acids is 1. The molecule has 1 aliphatic heterocycles. The molecule has 0 amide bonds. The molecular formula is C12H17N3O4. The fourth-order valence-corrected chi connectivity index (χ4v) is 2.12. The van der Waals surface area contributed by atoms with Crippen molar-refractivity contribution in [2.75, 3.05) is 32.8 Å². The van der Waals surface area contributed by atoms with Crippen LogP contribution in [0.1, 0.15) is 12.8 Å². The Labute approximate surface area is 111 Å². The zero-order chi connectivity index (χ0) is 13.8. The van der Waals surface area contributed by atoms with Gasteiger partial charge in [0.25, 0.3) is 0 Å². The molecule has 0 bridgehead atoms. The van der Waals surface area contributed by atoms with E-state index < -0.39 is 0 Å². The molecule has 7 heteroatoms. The molecule has 0 aliphatic carbocycles. The number of aromatic nitrogens is 2. The van der Waals surface area contributed by atoms with Gasteiger partial charge in [-0.25, -0.2) is 4.79 Å². The first-order chi connectivity index (χ1) is 9.19. The Kier molecular flexibility index (Phi) is 4.03. The summed E-state index contributed by atoms with van der Waals surface area (Å²) in [5.74, 6) is 0.946. The van der Waals surface area contributed by atoms with Crippen LogP contribution in [0.15, 0.2) is 6.07 Å². The van der Waals surface area contributed by atoms with E-state index in [0.29, 0.717) is 24.3 Å². The molecule has 1 aromatic rings. The van der Waals surface area contributed by atoms with Crippen molar-refractivity contribution in [3.05, 3.63) is 6.07 Å². The molecule has 0 radical (unpaired) electrons. The third-order valence-corrected chi connectivity index (χ3v) is 3.07. The summed E-state index contributed by atoms with van der Waals surface area (Å²) < 4.78 is 15.0. The number of rotatable bonds is 4. The van der Waals surface area contributed by atoms with Crippen LogP contribution >= 0.6 is 0 Å². The van der Waals surface area contributed by atoms with Crippen LogP contribution in [-0.2, 0) is 9.53 Å². The van der Waals surface area contributed by atoms with Crippen LogP contribution in [0.25, 0.3) is 0 Å². The Morgan fingerprint density at radius 2 is 1.89 bits per heavy atom. The Hall–Kier alpha value is -2.05. The molecule has 2 rings (SSSR count). The minimum Gasteiger partial charge on any atom is -0.481 e. The lowest BCUT2D eigenvalue weighted by atomic mass is 10.2. The first kappa shape index (κ1) is 13.4. The van der Waals surface area contributed by atoms with E-state index in [1.54, 1.807) is 6.07 Å². The summed E-state index contributed by atoms with van der Waals surface area (Å²) in [5.41, 5.74) is 0. The fourth-order valence-electron chi connectivity index (χ4n) is 2.12. The highest BCUT2D eigenvalue weighted by molar-refractivity contribution is 5.79. The summed E-state index contributed by atoms with van der Waals surface area (Å²) >= 11 is 0. The molecule has 1 atom stereocenters. The highest BCUT2D eigenvalue weighted by Crippen LogP contribution is 2.27. The van der Waals surface area contributed by atoms with Crippen LogP contribution < -0.4 is 14.4 Å². The van der Waals surface area contributed by atoms with E-state index in [4.69, 9.17) is 14.2 Å². The highest BCUT2D eigenvalue weighted by Gasteiger charge is 2.33. The van der Waals surface area contributed by atoms with Crippen LogP contribution in [0.4, 0.5) is 5.95 Å². The second-order valence-electron chi connectivity index (χ2n) is 4.13. The molecule has 0 saturated carbocycles. The van der Waals surface area contributed by atoms with Crippen LogP contribution in [0, 0.1) is 0 Å². The predicted octanol–water partition coefficient (Wildman–Crippen LogP) is 0.636. The van der Waals surface area contributed by atoms with Crippen molar-refractivity contribution in [2.24, 2.45) is 0 Å². The first-order valence-corrected chi connectivity index (χ1v) is 6.01. The van der Waals surface area contributed by atoms with Gasteiger partial charge in [0.1, 0.15) is 6.04 Å². The molecule has 0 N–H and O–H groups in total. The van der Waals surface area contributed by atoms with Gasteiger partial charge >= 0.3 is 5.97 Å². The quantitative estimate of drug-likeness (QED) is 0.741. The van der Waals surface area contributed by atoms with E-state index in [0.717, 1.165) is 12.8 Å². The second-order valence-corrected chi connectivity index (χ2v) is 4.13. The molecule has 1 saturated heterocycles. The number of anilines is 1. The molecular weight excluding hydrogens is 250 g/mol. The van der Waals surface area contributed by atoms with Gasteiger partial charge in [-0.3, -0.25) is 0 Å². The molecule has 104 valence electrons. The van der Waals surface area contributed by atoms with Crippen molar-refractivity contribution in [1.29, 1.82) is 0 Å². The summed E-state index contributed by atoms with van der Waals surface area (Å²) in [6, 6.07) is 1.24. The normalized spacial score (nSPS) is 18.3. The van der Waals surface area contributed by atoms with E-state index in [9.17, 15) is 4.79 Å². The van der Waals surface area contributed by atoms with E-state index in [1.807, 2.05) is 4.90 Å². The standard InChI is InChI=1S/C12H17N3O4/c1-17-9-7-10(18-2)14-12(13-9)15-6-4-5-8(15)11(16)19-3/h7-8H,4-6H2,1-3H3. The van der Waals surface area contributed by atoms with Crippen LogP contribution in [0.2, 0.25) is 0 Å². The van der Waals surface area contributed by atoms with Gasteiger partial charge in [0.05, 0.1) is 27.4 Å². The Balaban J connectivity index is 2.31. The zero-order valence-electron chi connectivity index (χ0n) is 11.3. The van der Waals surface area contributed by atoms with Gasteiger partial charge in [0.15, 0.2) is 0 Å². The van der Waals surface area contributed by atoms with Gasteiger partial charge in [0, 0.05) is 6.54 Å². The number of hydrogen-bond acceptors (Lipinski definition) is 7. The molecule has 2 heterocycles. The summed E-state index contributed by atoms with van der Waals surface area (Å²) in [5, 5.41) is 0. The third-order valence-electron chi connectivity index (χ3n) is 3.07. The van der Waals surface area contributed by atoms with Gasteiger partial charge < -0.3 is 19.1 Å². The maximum atomic E-state index is 11.7. The number of nitrogens with zero attached hydrogens (tertiary/aromatic N) is 3. The van der Waals surface area contributed by atoms with Crippen molar-refractivity contribution in [3.63, 3.8) is 0 Å². The monoisotopic (exact) mass is 267 g/mol. The van der Waals surface area contributed by atoms with E-state index in [2.05, 4.69) is 9.97 Å². The molecule has 19 heavy (non-hydrogen) atoms. The van der Waals surface area contributed by atoms with Gasteiger partial charge in [-0.05, 0) is 12.8 Å². The topological polar surface area (TPSA) is 73.8 Å². The number of esters is 1. The van der Waals surface area contributed by atoms with E-state index >= 15 is 0 Å². The van der Waals surface area contributed by atoms with E-state index in [-0.39, 0.29) is 12.0 Å². The number of ether oxygens (including phenoxy) is 3. The average Bonchev–Trinajstić information content (AvgIpc) is 2.95. The van der Waals surface area contributed by atoms with Gasteiger partial charge in [-0.2, -0.15) is 9.97 Å². The molecule has 0 aromatic carbocycles. The summed E-state index contributed by atoms with van der Waals surface area (Å²) in [6.07, 6.45) is 1.62. The predicted molar refractivity (Wildman–Crippen MR) is 67.5 cm³/mol. The Morgan fingerprint density at radius 1 is 1.26 bits per heavy atom. The van der Waals surface area contributed by atoms with Crippen molar-refractivity contribution in [1.82, 2.24) is 9.97 Å².